The van der Waals surface area contributed by atoms with Crippen molar-refractivity contribution in [1.29, 1.82) is 0 Å². The van der Waals surface area contributed by atoms with Crippen LogP contribution >= 0.6 is 23.2 Å². The van der Waals surface area contributed by atoms with Gasteiger partial charge in [0.2, 0.25) is 10.0 Å². The van der Waals surface area contributed by atoms with Gasteiger partial charge in [0.25, 0.3) is 5.91 Å². The van der Waals surface area contributed by atoms with Crippen LogP contribution in [0, 0.1) is 13.8 Å². The minimum atomic E-state index is -3.68. The van der Waals surface area contributed by atoms with Gasteiger partial charge in [0, 0.05) is 17.0 Å². The Labute approximate surface area is 216 Å². The molecule has 0 aliphatic carbocycles. The molecular weight excluding hydrogens is 507 g/mol. The molecule has 0 atom stereocenters. The molecular formula is C25H28Cl2N4O3S. The summed E-state index contributed by atoms with van der Waals surface area (Å²) in [7, 11) is -3.68. The Morgan fingerprint density at radius 1 is 1.14 bits per heavy atom. The predicted octanol–water partition coefficient (Wildman–Crippen LogP) is 5.44. The molecule has 186 valence electrons. The van der Waals surface area contributed by atoms with Crippen molar-refractivity contribution >= 4 is 51.0 Å². The van der Waals surface area contributed by atoms with Gasteiger partial charge < -0.3 is 4.57 Å². The fourth-order valence-electron chi connectivity index (χ4n) is 3.72. The number of sulfonamides is 1. The fourth-order valence-corrected chi connectivity index (χ4v) is 4.96. The van der Waals surface area contributed by atoms with Crippen molar-refractivity contribution < 1.29 is 13.2 Å². The Morgan fingerprint density at radius 2 is 1.80 bits per heavy atom. The first-order valence-electron chi connectivity index (χ1n) is 10.9. The molecule has 0 aliphatic rings. The summed E-state index contributed by atoms with van der Waals surface area (Å²) in [6.45, 7) is 7.54. The summed E-state index contributed by atoms with van der Waals surface area (Å²) in [4.78, 5) is 12.5. The summed E-state index contributed by atoms with van der Waals surface area (Å²) in [5, 5.41) is 4.93. The van der Waals surface area contributed by atoms with Crippen LogP contribution in [-0.2, 0) is 14.8 Å². The van der Waals surface area contributed by atoms with E-state index in [0.29, 0.717) is 21.7 Å². The largest absolute Gasteiger partial charge is 0.316 e. The lowest BCUT2D eigenvalue weighted by atomic mass is 10.0. The molecule has 2 aromatic carbocycles. The number of amides is 1. The second-order valence-corrected chi connectivity index (χ2v) is 11.2. The quantitative estimate of drug-likeness (QED) is 0.308. The number of nitrogens with one attached hydrogen (secondary N) is 1. The highest BCUT2D eigenvalue weighted by molar-refractivity contribution is 7.92. The standard InChI is InChI=1S/C25H28Cl2N4O3S/c1-16(2)19-9-11-21(12-10-19)30(35(5,33)34)15-24(32)29-28-14-20-13-17(3)31(18(20)4)23-8-6-7-22(26)25(23)27/h6-14,16H,15H2,1-5H3,(H,29,32)/b28-14+. The summed E-state index contributed by atoms with van der Waals surface area (Å²) in [6, 6.07) is 14.4. The third kappa shape index (κ3) is 6.25. The second kappa shape index (κ2) is 10.8. The van der Waals surface area contributed by atoms with E-state index in [9.17, 15) is 13.2 Å². The van der Waals surface area contributed by atoms with Crippen LogP contribution < -0.4 is 9.73 Å². The van der Waals surface area contributed by atoms with Crippen molar-refractivity contribution in [2.75, 3.05) is 17.1 Å². The third-order valence-corrected chi connectivity index (χ3v) is 7.52. The van der Waals surface area contributed by atoms with Crippen molar-refractivity contribution in [3.05, 3.63) is 81.1 Å². The number of carbonyl (C=O) groups is 1. The summed E-state index contributed by atoms with van der Waals surface area (Å²) in [5.41, 5.74) is 7.18. The molecule has 0 radical (unpaired) electrons. The van der Waals surface area contributed by atoms with Crippen LogP contribution in [0.4, 0.5) is 5.69 Å². The van der Waals surface area contributed by atoms with Crippen molar-refractivity contribution in [2.24, 2.45) is 5.10 Å². The first-order valence-corrected chi connectivity index (χ1v) is 13.5. The molecule has 0 unspecified atom stereocenters. The highest BCUT2D eigenvalue weighted by Crippen LogP contribution is 2.31. The maximum absolute atomic E-state index is 12.5. The van der Waals surface area contributed by atoms with E-state index in [2.05, 4.69) is 24.4 Å². The van der Waals surface area contributed by atoms with E-state index < -0.39 is 22.5 Å². The van der Waals surface area contributed by atoms with Gasteiger partial charge in [-0.05, 0) is 55.7 Å². The molecule has 0 bridgehead atoms. The van der Waals surface area contributed by atoms with Gasteiger partial charge in [-0.15, -0.1) is 0 Å². The van der Waals surface area contributed by atoms with Crippen LogP contribution in [0.25, 0.3) is 5.69 Å². The van der Waals surface area contributed by atoms with Gasteiger partial charge in [0.05, 0.1) is 33.9 Å². The Balaban J connectivity index is 1.76. The molecule has 0 aliphatic heterocycles. The molecule has 1 N–H and O–H groups in total. The van der Waals surface area contributed by atoms with E-state index in [1.54, 1.807) is 18.2 Å². The molecule has 3 aromatic rings. The van der Waals surface area contributed by atoms with Crippen LogP contribution in [0.2, 0.25) is 10.0 Å². The molecule has 0 fully saturated rings. The number of hydrogen-bond donors (Lipinski definition) is 1. The molecule has 1 aromatic heterocycles. The second-order valence-electron chi connectivity index (χ2n) is 8.54. The van der Waals surface area contributed by atoms with Crippen LogP contribution in [0.1, 0.15) is 42.3 Å². The first kappa shape index (κ1) is 26.8. The molecule has 35 heavy (non-hydrogen) atoms. The zero-order chi connectivity index (χ0) is 25.9. The van der Waals surface area contributed by atoms with E-state index in [4.69, 9.17) is 23.2 Å². The number of hydrogen-bond acceptors (Lipinski definition) is 4. The molecule has 0 saturated heterocycles. The summed E-state index contributed by atoms with van der Waals surface area (Å²) in [5.74, 6) is -0.253. The van der Waals surface area contributed by atoms with Crippen molar-refractivity contribution in [3.8, 4) is 5.69 Å². The zero-order valence-electron chi connectivity index (χ0n) is 20.2. The van der Waals surface area contributed by atoms with E-state index in [0.717, 1.165) is 38.8 Å². The lowest BCUT2D eigenvalue weighted by Gasteiger charge is -2.21. The lowest BCUT2D eigenvalue weighted by Crippen LogP contribution is -2.39. The summed E-state index contributed by atoms with van der Waals surface area (Å²) >= 11 is 12.6. The Kier molecular flexibility index (Phi) is 8.30. The van der Waals surface area contributed by atoms with Crippen LogP contribution in [0.5, 0.6) is 0 Å². The Hall–Kier alpha value is -2.81. The van der Waals surface area contributed by atoms with Crippen molar-refractivity contribution in [2.45, 2.75) is 33.6 Å². The Bertz CT molecular complexity index is 1360. The minimum Gasteiger partial charge on any atom is -0.316 e. The number of nitrogens with zero attached hydrogens (tertiary/aromatic N) is 3. The minimum absolute atomic E-state index is 0.310. The molecule has 1 heterocycles. The van der Waals surface area contributed by atoms with Gasteiger partial charge in [0.1, 0.15) is 6.54 Å². The lowest BCUT2D eigenvalue weighted by molar-refractivity contribution is -0.119. The average Bonchev–Trinajstić information content (AvgIpc) is 3.06. The SMILES string of the molecule is Cc1cc(/C=N/NC(=O)CN(c2ccc(C(C)C)cc2)S(C)(=O)=O)c(C)n1-c1cccc(Cl)c1Cl. The van der Waals surface area contributed by atoms with Crippen LogP contribution in [0.3, 0.4) is 0 Å². The maximum Gasteiger partial charge on any atom is 0.260 e. The van der Waals surface area contributed by atoms with E-state index in [1.165, 1.54) is 6.21 Å². The maximum atomic E-state index is 12.5. The van der Waals surface area contributed by atoms with E-state index in [-0.39, 0.29) is 0 Å². The number of aromatic nitrogens is 1. The number of anilines is 1. The van der Waals surface area contributed by atoms with Gasteiger partial charge >= 0.3 is 0 Å². The third-order valence-electron chi connectivity index (χ3n) is 5.57. The smallest absolute Gasteiger partial charge is 0.260 e. The topological polar surface area (TPSA) is 83.8 Å². The number of rotatable bonds is 8. The highest BCUT2D eigenvalue weighted by atomic mass is 35.5. The van der Waals surface area contributed by atoms with Crippen molar-refractivity contribution in [1.82, 2.24) is 9.99 Å². The summed E-state index contributed by atoms with van der Waals surface area (Å²) in [6.07, 6.45) is 2.58. The number of halogens is 2. The molecule has 7 nitrogen and oxygen atoms in total. The number of aryl methyl sites for hydroxylation is 1. The number of hydrazone groups is 1. The molecule has 10 heteroatoms. The van der Waals surface area contributed by atoms with E-state index >= 15 is 0 Å². The van der Waals surface area contributed by atoms with Crippen LogP contribution in [-0.4, -0.2) is 37.9 Å². The summed E-state index contributed by atoms with van der Waals surface area (Å²) < 4.78 is 27.7. The van der Waals surface area contributed by atoms with E-state index in [1.807, 2.05) is 48.7 Å². The van der Waals surface area contributed by atoms with Gasteiger partial charge in [-0.1, -0.05) is 55.2 Å². The van der Waals surface area contributed by atoms with Crippen molar-refractivity contribution in [3.63, 3.8) is 0 Å². The van der Waals surface area contributed by atoms with Gasteiger partial charge in [-0.2, -0.15) is 5.10 Å². The molecule has 0 saturated carbocycles. The highest BCUT2D eigenvalue weighted by Gasteiger charge is 2.21. The van der Waals surface area contributed by atoms with Gasteiger partial charge in [0.15, 0.2) is 0 Å². The Morgan fingerprint density at radius 3 is 2.40 bits per heavy atom. The molecule has 1 amide bonds. The molecule has 0 spiro atoms. The fraction of sp³-hybridized carbons (Fsp3) is 0.280. The zero-order valence-corrected chi connectivity index (χ0v) is 22.5. The normalized spacial score (nSPS) is 11.9. The van der Waals surface area contributed by atoms with Gasteiger partial charge in [-0.3, -0.25) is 9.10 Å². The molecule has 3 rings (SSSR count). The number of benzene rings is 2. The number of carbonyl (C=O) groups excluding carboxylic acids is 1. The average molecular weight is 535 g/mol. The van der Waals surface area contributed by atoms with Gasteiger partial charge in [-0.25, -0.2) is 13.8 Å². The predicted molar refractivity (Wildman–Crippen MR) is 144 cm³/mol. The monoisotopic (exact) mass is 534 g/mol. The van der Waals surface area contributed by atoms with Crippen LogP contribution in [0.15, 0.2) is 53.6 Å². The first-order chi connectivity index (χ1) is 16.4.